The van der Waals surface area contributed by atoms with E-state index in [0.29, 0.717) is 5.92 Å². The van der Waals surface area contributed by atoms with Crippen LogP contribution in [0.3, 0.4) is 0 Å². The minimum atomic E-state index is -0.112. The van der Waals surface area contributed by atoms with Crippen LogP contribution in [0.2, 0.25) is 0 Å². The summed E-state index contributed by atoms with van der Waals surface area (Å²) in [6.45, 7) is 4.15. The Balaban J connectivity index is 1.83. The Hall–Kier alpha value is -0.870. The average molecular weight is 279 g/mol. The lowest BCUT2D eigenvalue weighted by Crippen LogP contribution is -2.37. The fraction of sp³-hybridized carbons (Fsp3) is 0.812. The van der Waals surface area contributed by atoms with Gasteiger partial charge in [-0.3, -0.25) is 4.68 Å². The number of hydrogen-bond acceptors (Lipinski definition) is 3. The van der Waals surface area contributed by atoms with Crippen LogP contribution in [-0.2, 0) is 13.6 Å². The molecule has 114 valence electrons. The first-order valence-corrected chi connectivity index (χ1v) is 7.92. The van der Waals surface area contributed by atoms with Gasteiger partial charge >= 0.3 is 0 Å². The molecule has 1 aromatic rings. The molecule has 4 nitrogen and oxygen atoms in total. The van der Waals surface area contributed by atoms with Gasteiger partial charge in [0.15, 0.2) is 0 Å². The second kappa shape index (κ2) is 7.23. The fourth-order valence-electron chi connectivity index (χ4n) is 3.54. The second-order valence-corrected chi connectivity index (χ2v) is 6.51. The monoisotopic (exact) mass is 279 g/mol. The lowest BCUT2D eigenvalue weighted by molar-refractivity contribution is 0.0288. The molecule has 0 saturated heterocycles. The van der Waals surface area contributed by atoms with E-state index in [4.69, 9.17) is 0 Å². The van der Waals surface area contributed by atoms with Crippen LogP contribution >= 0.6 is 0 Å². The van der Waals surface area contributed by atoms with Crippen LogP contribution in [0.15, 0.2) is 12.4 Å². The summed E-state index contributed by atoms with van der Waals surface area (Å²) in [6, 6.07) is 0. The first-order chi connectivity index (χ1) is 9.58. The van der Waals surface area contributed by atoms with Gasteiger partial charge in [0.2, 0.25) is 0 Å². The third-order valence-corrected chi connectivity index (χ3v) is 4.50. The van der Waals surface area contributed by atoms with E-state index < -0.39 is 0 Å². The van der Waals surface area contributed by atoms with Gasteiger partial charge in [0.1, 0.15) is 0 Å². The molecule has 0 amide bonds. The minimum Gasteiger partial charge on any atom is -0.393 e. The highest BCUT2D eigenvalue weighted by Gasteiger charge is 2.29. The molecule has 1 N–H and O–H groups in total. The number of aliphatic hydroxyl groups excluding tert-OH is 1. The van der Waals surface area contributed by atoms with Crippen molar-refractivity contribution in [3.05, 3.63) is 18.0 Å². The summed E-state index contributed by atoms with van der Waals surface area (Å²) in [7, 11) is 4.09. The number of nitrogens with zero attached hydrogens (tertiary/aromatic N) is 3. The molecule has 0 bridgehead atoms. The summed E-state index contributed by atoms with van der Waals surface area (Å²) >= 11 is 0. The molecule has 3 unspecified atom stereocenters. The average Bonchev–Trinajstić information content (AvgIpc) is 2.79. The molecule has 4 heteroatoms. The summed E-state index contributed by atoms with van der Waals surface area (Å²) in [4.78, 5) is 2.32. The number of aryl methyl sites for hydroxylation is 1. The quantitative estimate of drug-likeness (QED) is 0.869. The highest BCUT2D eigenvalue weighted by atomic mass is 16.3. The summed E-state index contributed by atoms with van der Waals surface area (Å²) in [6.07, 6.45) is 9.83. The van der Waals surface area contributed by atoms with E-state index in [2.05, 4.69) is 30.2 Å². The van der Waals surface area contributed by atoms with Gasteiger partial charge in [-0.2, -0.15) is 5.10 Å². The first-order valence-electron chi connectivity index (χ1n) is 7.92. The molecule has 0 aromatic carbocycles. The SMILES string of the molecule is CCCC1CCC(O)C(CN(C)Cc2cnn(C)c2)C1. The Bertz CT molecular complexity index is 404. The Morgan fingerprint density at radius 3 is 2.90 bits per heavy atom. The molecular weight excluding hydrogens is 250 g/mol. The van der Waals surface area contributed by atoms with Crippen LogP contribution in [0.1, 0.15) is 44.6 Å². The maximum Gasteiger partial charge on any atom is 0.0580 e. The third-order valence-electron chi connectivity index (χ3n) is 4.50. The molecule has 0 spiro atoms. The highest BCUT2D eigenvalue weighted by Crippen LogP contribution is 2.32. The first kappa shape index (κ1) is 15.5. The third kappa shape index (κ3) is 4.32. The molecule has 1 aromatic heterocycles. The normalized spacial score (nSPS) is 27.1. The van der Waals surface area contributed by atoms with Gasteiger partial charge in [-0.25, -0.2) is 0 Å². The largest absolute Gasteiger partial charge is 0.393 e. The van der Waals surface area contributed by atoms with Crippen LogP contribution in [0.25, 0.3) is 0 Å². The van der Waals surface area contributed by atoms with Gasteiger partial charge < -0.3 is 10.0 Å². The van der Waals surface area contributed by atoms with Crippen molar-refractivity contribution in [2.75, 3.05) is 13.6 Å². The molecule has 1 heterocycles. The predicted molar refractivity (Wildman–Crippen MR) is 81.3 cm³/mol. The Labute approximate surface area is 122 Å². The molecular formula is C16H29N3O. The van der Waals surface area contributed by atoms with Crippen molar-refractivity contribution in [1.29, 1.82) is 0 Å². The van der Waals surface area contributed by atoms with E-state index in [0.717, 1.165) is 25.4 Å². The lowest BCUT2D eigenvalue weighted by atomic mass is 9.77. The molecule has 2 rings (SSSR count). The van der Waals surface area contributed by atoms with E-state index in [1.54, 1.807) is 0 Å². The van der Waals surface area contributed by atoms with Gasteiger partial charge in [0, 0.05) is 31.9 Å². The topological polar surface area (TPSA) is 41.3 Å². The summed E-state index contributed by atoms with van der Waals surface area (Å²) in [5.74, 6) is 1.25. The highest BCUT2D eigenvalue weighted by molar-refractivity contribution is 5.03. The summed E-state index contributed by atoms with van der Waals surface area (Å²) in [5, 5.41) is 14.4. The van der Waals surface area contributed by atoms with Gasteiger partial charge in [0.25, 0.3) is 0 Å². The summed E-state index contributed by atoms with van der Waals surface area (Å²) in [5.41, 5.74) is 1.24. The van der Waals surface area contributed by atoms with Crippen LogP contribution < -0.4 is 0 Å². The standard InChI is InChI=1S/C16H29N3O/c1-4-5-13-6-7-16(20)15(8-13)12-18(2)10-14-9-17-19(3)11-14/h9,11,13,15-16,20H,4-8,10,12H2,1-3H3. The Kier molecular flexibility index (Phi) is 5.61. The predicted octanol–water partition coefficient (Wildman–Crippen LogP) is 2.43. The molecule has 1 saturated carbocycles. The smallest absolute Gasteiger partial charge is 0.0580 e. The van der Waals surface area contributed by atoms with Crippen LogP contribution in [0.5, 0.6) is 0 Å². The van der Waals surface area contributed by atoms with E-state index >= 15 is 0 Å². The van der Waals surface area contributed by atoms with Crippen LogP contribution in [0.4, 0.5) is 0 Å². The molecule has 20 heavy (non-hydrogen) atoms. The maximum atomic E-state index is 10.2. The summed E-state index contributed by atoms with van der Waals surface area (Å²) < 4.78 is 1.84. The van der Waals surface area contributed by atoms with Gasteiger partial charge in [-0.15, -0.1) is 0 Å². The van der Waals surface area contributed by atoms with E-state index in [-0.39, 0.29) is 6.10 Å². The van der Waals surface area contributed by atoms with Crippen molar-refractivity contribution in [3.63, 3.8) is 0 Å². The molecule has 1 aliphatic rings. The zero-order chi connectivity index (χ0) is 14.5. The molecule has 1 aliphatic carbocycles. The zero-order valence-electron chi connectivity index (χ0n) is 13.1. The van der Waals surface area contributed by atoms with Crippen LogP contribution in [0, 0.1) is 11.8 Å². The lowest BCUT2D eigenvalue weighted by Gasteiger charge is -2.35. The van der Waals surface area contributed by atoms with Crippen molar-refractivity contribution in [3.8, 4) is 0 Å². The number of aliphatic hydroxyl groups is 1. The Morgan fingerprint density at radius 2 is 2.25 bits per heavy atom. The van der Waals surface area contributed by atoms with Crippen molar-refractivity contribution in [2.24, 2.45) is 18.9 Å². The van der Waals surface area contributed by atoms with E-state index in [9.17, 15) is 5.11 Å². The minimum absolute atomic E-state index is 0.112. The molecule has 0 aliphatic heterocycles. The molecule has 0 radical (unpaired) electrons. The molecule has 1 fully saturated rings. The van der Waals surface area contributed by atoms with Crippen molar-refractivity contribution >= 4 is 0 Å². The van der Waals surface area contributed by atoms with Crippen molar-refractivity contribution < 1.29 is 5.11 Å². The Morgan fingerprint density at radius 1 is 1.45 bits per heavy atom. The molecule has 3 atom stereocenters. The van der Waals surface area contributed by atoms with Gasteiger partial charge in [0.05, 0.1) is 12.3 Å². The van der Waals surface area contributed by atoms with Crippen molar-refractivity contribution in [2.45, 2.75) is 51.7 Å². The van der Waals surface area contributed by atoms with E-state index in [1.807, 2.05) is 17.9 Å². The number of rotatable bonds is 6. The number of hydrogen-bond donors (Lipinski definition) is 1. The maximum absolute atomic E-state index is 10.2. The second-order valence-electron chi connectivity index (χ2n) is 6.51. The van der Waals surface area contributed by atoms with E-state index in [1.165, 1.54) is 31.2 Å². The van der Waals surface area contributed by atoms with Crippen LogP contribution in [-0.4, -0.2) is 39.5 Å². The van der Waals surface area contributed by atoms with Gasteiger partial charge in [-0.05, 0) is 38.1 Å². The van der Waals surface area contributed by atoms with Crippen molar-refractivity contribution in [1.82, 2.24) is 14.7 Å². The number of aromatic nitrogens is 2. The van der Waals surface area contributed by atoms with Gasteiger partial charge in [-0.1, -0.05) is 19.8 Å². The zero-order valence-corrected chi connectivity index (χ0v) is 13.1. The fourth-order valence-corrected chi connectivity index (χ4v) is 3.54.